The predicted molar refractivity (Wildman–Crippen MR) is 149 cm³/mol. The number of aromatic nitrogens is 1. The van der Waals surface area contributed by atoms with Gasteiger partial charge in [-0.15, -0.1) is 0 Å². The van der Waals surface area contributed by atoms with Gasteiger partial charge in [0.2, 0.25) is 5.89 Å². The lowest BCUT2D eigenvalue weighted by atomic mass is 9.98. The molecule has 0 saturated heterocycles. The topological polar surface area (TPSA) is 76.4 Å². The smallest absolute Gasteiger partial charge is 0.257 e. The fraction of sp³-hybridized carbons (Fsp3) is 0.276. The van der Waals surface area contributed by atoms with E-state index >= 15 is 0 Å². The maximum Gasteiger partial charge on any atom is 0.257 e. The van der Waals surface area contributed by atoms with Crippen LogP contribution in [0.3, 0.4) is 0 Å². The second-order valence-corrected chi connectivity index (χ2v) is 9.68. The quantitative estimate of drug-likeness (QED) is 0.249. The third kappa shape index (κ3) is 6.29. The van der Waals surface area contributed by atoms with Crippen molar-refractivity contribution in [3.63, 3.8) is 0 Å². The standard InChI is InChI=1S/C29H31N3O3S/c1-5-19(4)21-11-14-26-25(16-21)31-28(35-26)22-7-6-8-23(15-22)30-29(36)32-27(33)20-9-12-24(13-10-20)34-17-18(2)3/h6-16,18-19H,5,17H2,1-4H3,(H2,30,32,33,36). The second kappa shape index (κ2) is 11.4. The molecule has 0 aliphatic carbocycles. The molecule has 1 heterocycles. The Morgan fingerprint density at radius 2 is 1.83 bits per heavy atom. The number of hydrogen-bond acceptors (Lipinski definition) is 5. The molecule has 4 rings (SSSR count). The highest BCUT2D eigenvalue weighted by atomic mass is 32.1. The number of fused-ring (bicyclic) bond motifs is 1. The van der Waals surface area contributed by atoms with E-state index in [2.05, 4.69) is 50.5 Å². The van der Waals surface area contributed by atoms with Crippen molar-refractivity contribution in [2.45, 2.75) is 40.0 Å². The maximum absolute atomic E-state index is 12.6. The molecule has 186 valence electrons. The molecule has 6 nitrogen and oxygen atoms in total. The van der Waals surface area contributed by atoms with Gasteiger partial charge in [0.1, 0.15) is 11.3 Å². The number of carbonyl (C=O) groups is 1. The largest absolute Gasteiger partial charge is 0.493 e. The van der Waals surface area contributed by atoms with Crippen molar-refractivity contribution in [1.29, 1.82) is 0 Å². The average Bonchev–Trinajstić information content (AvgIpc) is 3.31. The van der Waals surface area contributed by atoms with Crippen LogP contribution in [0, 0.1) is 5.92 Å². The van der Waals surface area contributed by atoms with Crippen molar-refractivity contribution < 1.29 is 13.9 Å². The number of hydrogen-bond donors (Lipinski definition) is 2. The van der Waals surface area contributed by atoms with Crippen LogP contribution in [0.1, 0.15) is 56.0 Å². The number of ether oxygens (including phenoxy) is 1. The Bertz CT molecular complexity index is 1360. The van der Waals surface area contributed by atoms with E-state index in [1.54, 1.807) is 24.3 Å². The number of nitrogens with one attached hydrogen (secondary N) is 2. The average molecular weight is 502 g/mol. The molecule has 0 aliphatic rings. The van der Waals surface area contributed by atoms with E-state index < -0.39 is 0 Å². The normalized spacial score (nSPS) is 11.9. The fourth-order valence-electron chi connectivity index (χ4n) is 3.64. The zero-order valence-electron chi connectivity index (χ0n) is 21.0. The first kappa shape index (κ1) is 25.4. The van der Waals surface area contributed by atoms with Crippen molar-refractivity contribution in [3.05, 3.63) is 77.9 Å². The number of carbonyl (C=O) groups excluding carboxylic acids is 1. The van der Waals surface area contributed by atoms with Gasteiger partial charge >= 0.3 is 0 Å². The molecule has 2 N–H and O–H groups in total. The van der Waals surface area contributed by atoms with Gasteiger partial charge in [0, 0.05) is 16.8 Å². The number of nitrogens with zero attached hydrogens (tertiary/aromatic N) is 1. The zero-order valence-corrected chi connectivity index (χ0v) is 21.8. The van der Waals surface area contributed by atoms with Crippen LogP contribution in [-0.4, -0.2) is 22.6 Å². The molecule has 0 fully saturated rings. The third-order valence-corrected chi connectivity index (χ3v) is 6.09. The molecular formula is C29H31N3O3S. The Morgan fingerprint density at radius 3 is 2.56 bits per heavy atom. The summed E-state index contributed by atoms with van der Waals surface area (Å²) < 4.78 is 11.7. The summed E-state index contributed by atoms with van der Waals surface area (Å²) in [6, 6.07) is 20.7. The van der Waals surface area contributed by atoms with Gasteiger partial charge in [-0.3, -0.25) is 10.1 Å². The summed E-state index contributed by atoms with van der Waals surface area (Å²) in [7, 11) is 0. The van der Waals surface area contributed by atoms with Crippen molar-refractivity contribution in [1.82, 2.24) is 10.3 Å². The second-order valence-electron chi connectivity index (χ2n) is 9.27. The lowest BCUT2D eigenvalue weighted by Gasteiger charge is -2.11. The molecule has 0 radical (unpaired) electrons. The highest BCUT2D eigenvalue weighted by Crippen LogP contribution is 2.29. The molecule has 7 heteroatoms. The van der Waals surface area contributed by atoms with Crippen LogP contribution >= 0.6 is 12.2 Å². The minimum Gasteiger partial charge on any atom is -0.493 e. The molecular weight excluding hydrogens is 470 g/mol. The first-order valence-corrected chi connectivity index (χ1v) is 12.6. The first-order chi connectivity index (χ1) is 17.3. The molecule has 36 heavy (non-hydrogen) atoms. The summed E-state index contributed by atoms with van der Waals surface area (Å²) in [6.07, 6.45) is 1.07. The van der Waals surface area contributed by atoms with Gasteiger partial charge in [0.15, 0.2) is 10.7 Å². The van der Waals surface area contributed by atoms with E-state index in [0.29, 0.717) is 29.9 Å². The van der Waals surface area contributed by atoms with E-state index in [-0.39, 0.29) is 11.0 Å². The monoisotopic (exact) mass is 501 g/mol. The minimum absolute atomic E-state index is 0.202. The molecule has 1 unspecified atom stereocenters. The van der Waals surface area contributed by atoms with E-state index in [0.717, 1.165) is 34.5 Å². The van der Waals surface area contributed by atoms with Crippen LogP contribution < -0.4 is 15.4 Å². The molecule has 0 spiro atoms. The molecule has 1 atom stereocenters. The lowest BCUT2D eigenvalue weighted by Crippen LogP contribution is -2.34. The predicted octanol–water partition coefficient (Wildman–Crippen LogP) is 7.17. The van der Waals surface area contributed by atoms with Crippen LogP contribution in [0.15, 0.2) is 71.1 Å². The zero-order chi connectivity index (χ0) is 25.7. The highest BCUT2D eigenvalue weighted by molar-refractivity contribution is 7.80. The molecule has 1 amide bonds. The minimum atomic E-state index is -0.296. The first-order valence-electron chi connectivity index (χ1n) is 12.2. The summed E-state index contributed by atoms with van der Waals surface area (Å²) in [5, 5.41) is 5.99. The van der Waals surface area contributed by atoms with Crippen LogP contribution in [0.2, 0.25) is 0 Å². The van der Waals surface area contributed by atoms with E-state index in [1.807, 2.05) is 30.3 Å². The van der Waals surface area contributed by atoms with Crippen LogP contribution in [0.25, 0.3) is 22.6 Å². The van der Waals surface area contributed by atoms with Crippen LogP contribution in [0.5, 0.6) is 5.75 Å². The number of oxazole rings is 1. The molecule has 0 aliphatic heterocycles. The van der Waals surface area contributed by atoms with Gasteiger partial charge in [-0.25, -0.2) is 4.98 Å². The molecule has 3 aromatic carbocycles. The summed E-state index contributed by atoms with van der Waals surface area (Å²) in [5.74, 6) is 1.86. The Morgan fingerprint density at radius 1 is 1.06 bits per heavy atom. The number of benzene rings is 3. The number of amides is 1. The summed E-state index contributed by atoms with van der Waals surface area (Å²) in [4.78, 5) is 17.3. The molecule has 0 saturated carbocycles. The Balaban J connectivity index is 1.41. The number of thiocarbonyl (C=S) groups is 1. The number of rotatable bonds is 8. The van der Waals surface area contributed by atoms with Crippen molar-refractivity contribution >= 4 is 40.0 Å². The van der Waals surface area contributed by atoms with Gasteiger partial charge in [-0.1, -0.05) is 39.8 Å². The SMILES string of the molecule is CCC(C)c1ccc2oc(-c3cccc(NC(=S)NC(=O)c4ccc(OCC(C)C)cc4)c3)nc2c1. The Kier molecular flexibility index (Phi) is 8.00. The summed E-state index contributed by atoms with van der Waals surface area (Å²) >= 11 is 5.36. The van der Waals surface area contributed by atoms with E-state index in [1.165, 1.54) is 5.56 Å². The van der Waals surface area contributed by atoms with E-state index in [4.69, 9.17) is 26.4 Å². The molecule has 1 aromatic heterocycles. The van der Waals surface area contributed by atoms with Gasteiger partial charge in [-0.2, -0.15) is 0 Å². The summed E-state index contributed by atoms with van der Waals surface area (Å²) in [6.45, 7) is 9.18. The van der Waals surface area contributed by atoms with Gasteiger partial charge in [-0.05, 0) is 90.6 Å². The third-order valence-electron chi connectivity index (χ3n) is 5.89. The van der Waals surface area contributed by atoms with Gasteiger partial charge in [0.05, 0.1) is 6.61 Å². The van der Waals surface area contributed by atoms with E-state index in [9.17, 15) is 4.79 Å². The fourth-order valence-corrected chi connectivity index (χ4v) is 3.85. The summed E-state index contributed by atoms with van der Waals surface area (Å²) in [5.41, 5.74) is 4.86. The maximum atomic E-state index is 12.6. The van der Waals surface area contributed by atoms with Crippen molar-refractivity contribution in [2.75, 3.05) is 11.9 Å². The molecule has 0 bridgehead atoms. The van der Waals surface area contributed by atoms with Gasteiger partial charge in [0.25, 0.3) is 5.91 Å². The lowest BCUT2D eigenvalue weighted by molar-refractivity contribution is 0.0977. The van der Waals surface area contributed by atoms with Crippen molar-refractivity contribution in [3.8, 4) is 17.2 Å². The van der Waals surface area contributed by atoms with Crippen molar-refractivity contribution in [2.24, 2.45) is 5.92 Å². The number of anilines is 1. The highest BCUT2D eigenvalue weighted by Gasteiger charge is 2.13. The van der Waals surface area contributed by atoms with Crippen LogP contribution in [0.4, 0.5) is 5.69 Å². The van der Waals surface area contributed by atoms with Gasteiger partial charge < -0.3 is 14.5 Å². The Labute approximate surface area is 217 Å². The molecule has 4 aromatic rings. The Hall–Kier alpha value is -3.71. The van der Waals surface area contributed by atoms with Crippen LogP contribution in [-0.2, 0) is 0 Å².